The predicted octanol–water partition coefficient (Wildman–Crippen LogP) is -0.0697. The zero-order valence-electron chi connectivity index (χ0n) is 15.0. The molecule has 3 rings (SSSR count). The first kappa shape index (κ1) is 19.5. The van der Waals surface area contributed by atoms with Crippen LogP contribution >= 0.6 is 0 Å². The van der Waals surface area contributed by atoms with Crippen molar-refractivity contribution in [3.63, 3.8) is 0 Å². The molecule has 146 valence electrons. The van der Waals surface area contributed by atoms with Crippen LogP contribution in [0.2, 0.25) is 0 Å². The number of nitrogens with two attached hydrogens (primary N) is 1. The van der Waals surface area contributed by atoms with Crippen molar-refractivity contribution in [2.75, 3.05) is 13.7 Å². The Hall–Kier alpha value is -2.30. The van der Waals surface area contributed by atoms with Gasteiger partial charge in [-0.25, -0.2) is 4.68 Å². The van der Waals surface area contributed by atoms with Gasteiger partial charge in [0.1, 0.15) is 29.8 Å². The summed E-state index contributed by atoms with van der Waals surface area (Å²) in [6.07, 6.45) is -0.679. The van der Waals surface area contributed by atoms with Crippen molar-refractivity contribution in [2.45, 2.75) is 37.2 Å². The molecule has 5 atom stereocenters. The Balaban J connectivity index is 1.72. The summed E-state index contributed by atoms with van der Waals surface area (Å²) in [6.45, 7) is 3.97. The molecule has 9 nitrogen and oxygen atoms in total. The van der Waals surface area contributed by atoms with Crippen LogP contribution < -0.4 is 10.5 Å². The normalized spacial score (nSPS) is 28.1. The standard InChI is InChI=1S/C18H24N4O5/c1-3-7-26-18-15(19)17(24)16(23)14(27-18)10-22-9-13(20-21-22)11-5-4-6-12(8-11)25-2/h3-6,8-9,14-18,23-24H,1,7,10,19H2,2H3. The third-order valence-electron chi connectivity index (χ3n) is 4.40. The van der Waals surface area contributed by atoms with Crippen LogP contribution in [0, 0.1) is 0 Å². The summed E-state index contributed by atoms with van der Waals surface area (Å²) in [5.41, 5.74) is 7.37. The Labute approximate surface area is 157 Å². The first-order valence-electron chi connectivity index (χ1n) is 8.57. The number of hydrogen-bond acceptors (Lipinski definition) is 8. The molecule has 0 radical (unpaired) electrons. The average Bonchev–Trinajstić information content (AvgIpc) is 3.16. The highest BCUT2D eigenvalue weighted by molar-refractivity contribution is 5.59. The molecule has 27 heavy (non-hydrogen) atoms. The second-order valence-electron chi connectivity index (χ2n) is 6.28. The molecule has 1 saturated heterocycles. The van der Waals surface area contributed by atoms with Gasteiger partial charge in [-0.15, -0.1) is 11.7 Å². The summed E-state index contributed by atoms with van der Waals surface area (Å²) in [4.78, 5) is 0. The fraction of sp³-hybridized carbons (Fsp3) is 0.444. The first-order chi connectivity index (χ1) is 13.0. The van der Waals surface area contributed by atoms with Crippen molar-refractivity contribution in [2.24, 2.45) is 5.73 Å². The molecule has 0 saturated carbocycles. The van der Waals surface area contributed by atoms with Gasteiger partial charge in [0.25, 0.3) is 0 Å². The molecule has 0 amide bonds. The molecule has 1 aromatic carbocycles. The van der Waals surface area contributed by atoms with E-state index in [2.05, 4.69) is 16.9 Å². The molecule has 1 aliphatic rings. The highest BCUT2D eigenvalue weighted by Crippen LogP contribution is 2.24. The minimum atomic E-state index is -1.18. The lowest BCUT2D eigenvalue weighted by molar-refractivity contribution is -0.259. The average molecular weight is 376 g/mol. The third-order valence-corrected chi connectivity index (χ3v) is 4.40. The van der Waals surface area contributed by atoms with Gasteiger partial charge in [0, 0.05) is 5.56 Å². The maximum atomic E-state index is 10.3. The Morgan fingerprint density at radius 2 is 2.19 bits per heavy atom. The van der Waals surface area contributed by atoms with E-state index >= 15 is 0 Å². The maximum Gasteiger partial charge on any atom is 0.176 e. The van der Waals surface area contributed by atoms with Crippen molar-refractivity contribution >= 4 is 0 Å². The lowest BCUT2D eigenvalue weighted by Crippen LogP contribution is -2.62. The summed E-state index contributed by atoms with van der Waals surface area (Å²) < 4.78 is 17.9. The SMILES string of the molecule is C=CCOC1OC(Cn2cc(-c3cccc(OC)c3)nn2)C(O)C(O)C1N. The van der Waals surface area contributed by atoms with Crippen molar-refractivity contribution < 1.29 is 24.4 Å². The largest absolute Gasteiger partial charge is 0.497 e. The second kappa shape index (κ2) is 8.59. The van der Waals surface area contributed by atoms with Crippen LogP contribution in [0.15, 0.2) is 43.1 Å². The van der Waals surface area contributed by atoms with Crippen molar-refractivity contribution in [3.8, 4) is 17.0 Å². The Bertz CT molecular complexity index is 768. The smallest absolute Gasteiger partial charge is 0.176 e. The molecule has 2 heterocycles. The molecule has 0 bridgehead atoms. The summed E-state index contributed by atoms with van der Waals surface area (Å²) in [5, 5.41) is 28.7. The highest BCUT2D eigenvalue weighted by Gasteiger charge is 2.43. The zero-order chi connectivity index (χ0) is 19.4. The summed E-state index contributed by atoms with van der Waals surface area (Å²) in [6, 6.07) is 6.58. The Kier molecular flexibility index (Phi) is 6.19. The molecule has 0 spiro atoms. The van der Waals surface area contributed by atoms with Crippen LogP contribution in [0.25, 0.3) is 11.3 Å². The van der Waals surface area contributed by atoms with Crippen molar-refractivity contribution in [3.05, 3.63) is 43.1 Å². The second-order valence-corrected chi connectivity index (χ2v) is 6.28. The fourth-order valence-electron chi connectivity index (χ4n) is 2.90. The van der Waals surface area contributed by atoms with Gasteiger partial charge in [0.05, 0.1) is 32.5 Å². The zero-order valence-corrected chi connectivity index (χ0v) is 15.0. The van der Waals surface area contributed by atoms with Crippen molar-refractivity contribution in [1.29, 1.82) is 0 Å². The number of ether oxygens (including phenoxy) is 3. The van der Waals surface area contributed by atoms with E-state index in [9.17, 15) is 10.2 Å². The van der Waals surface area contributed by atoms with Gasteiger partial charge in [0.15, 0.2) is 6.29 Å². The van der Waals surface area contributed by atoms with E-state index in [0.29, 0.717) is 11.4 Å². The topological polar surface area (TPSA) is 125 Å². The number of nitrogens with zero attached hydrogens (tertiary/aromatic N) is 3. The number of aliphatic hydroxyl groups is 2. The van der Waals surface area contributed by atoms with E-state index in [0.717, 1.165) is 5.56 Å². The van der Waals surface area contributed by atoms with Gasteiger partial charge < -0.3 is 30.2 Å². The van der Waals surface area contributed by atoms with Crippen LogP contribution in [0.1, 0.15) is 0 Å². The first-order valence-corrected chi connectivity index (χ1v) is 8.57. The monoisotopic (exact) mass is 376 g/mol. The van der Waals surface area contributed by atoms with Crippen LogP contribution in [0.3, 0.4) is 0 Å². The molecular weight excluding hydrogens is 352 g/mol. The van der Waals surface area contributed by atoms with Crippen LogP contribution in [0.4, 0.5) is 0 Å². The van der Waals surface area contributed by atoms with Crippen LogP contribution in [-0.2, 0) is 16.0 Å². The van der Waals surface area contributed by atoms with Gasteiger partial charge in [-0.3, -0.25) is 0 Å². The van der Waals surface area contributed by atoms with E-state index in [1.54, 1.807) is 19.4 Å². The minimum absolute atomic E-state index is 0.176. The van der Waals surface area contributed by atoms with Crippen LogP contribution in [0.5, 0.6) is 5.75 Å². The third kappa shape index (κ3) is 4.34. The predicted molar refractivity (Wildman–Crippen MR) is 96.8 cm³/mol. The lowest BCUT2D eigenvalue weighted by Gasteiger charge is -2.40. The van der Waals surface area contributed by atoms with E-state index in [4.69, 9.17) is 19.9 Å². The highest BCUT2D eigenvalue weighted by atomic mass is 16.7. The number of hydrogen-bond donors (Lipinski definition) is 3. The maximum absolute atomic E-state index is 10.3. The van der Waals surface area contributed by atoms with Gasteiger partial charge in [-0.1, -0.05) is 23.4 Å². The van der Waals surface area contributed by atoms with Gasteiger partial charge in [-0.2, -0.15) is 0 Å². The molecule has 9 heteroatoms. The summed E-state index contributed by atoms with van der Waals surface area (Å²) >= 11 is 0. The molecule has 4 N–H and O–H groups in total. The molecule has 2 aromatic rings. The number of aromatic nitrogens is 3. The summed E-state index contributed by atoms with van der Waals surface area (Å²) in [7, 11) is 1.60. The van der Waals surface area contributed by atoms with Gasteiger partial charge in [0.2, 0.25) is 0 Å². The van der Waals surface area contributed by atoms with Gasteiger partial charge >= 0.3 is 0 Å². The number of benzene rings is 1. The summed E-state index contributed by atoms with van der Waals surface area (Å²) in [5.74, 6) is 0.715. The van der Waals surface area contributed by atoms with E-state index in [1.807, 2.05) is 24.3 Å². The van der Waals surface area contributed by atoms with Crippen molar-refractivity contribution in [1.82, 2.24) is 15.0 Å². The molecule has 5 unspecified atom stereocenters. The lowest BCUT2D eigenvalue weighted by atomic mass is 9.97. The quantitative estimate of drug-likeness (QED) is 0.574. The number of rotatable bonds is 7. The molecule has 1 aliphatic heterocycles. The number of aliphatic hydroxyl groups excluding tert-OH is 2. The van der Waals surface area contributed by atoms with Crippen LogP contribution in [-0.4, -0.2) is 69.6 Å². The molecular formula is C18H24N4O5. The van der Waals surface area contributed by atoms with E-state index in [-0.39, 0.29) is 13.2 Å². The molecule has 0 aliphatic carbocycles. The number of methoxy groups -OCH3 is 1. The Morgan fingerprint density at radius 3 is 2.93 bits per heavy atom. The fourth-order valence-corrected chi connectivity index (χ4v) is 2.90. The minimum Gasteiger partial charge on any atom is -0.497 e. The molecule has 1 aromatic heterocycles. The van der Waals surface area contributed by atoms with E-state index in [1.165, 1.54) is 4.68 Å². The van der Waals surface area contributed by atoms with Gasteiger partial charge in [-0.05, 0) is 12.1 Å². The Morgan fingerprint density at radius 1 is 1.37 bits per heavy atom. The van der Waals surface area contributed by atoms with E-state index < -0.39 is 30.6 Å². The molecule has 1 fully saturated rings.